The van der Waals surface area contributed by atoms with Crippen LogP contribution in [0, 0.1) is 0 Å². The summed E-state index contributed by atoms with van der Waals surface area (Å²) in [6.07, 6.45) is 1.50. The minimum absolute atomic E-state index is 0.0847. The molecule has 0 aliphatic carbocycles. The van der Waals surface area contributed by atoms with Crippen LogP contribution in [-0.2, 0) is 20.0 Å². The van der Waals surface area contributed by atoms with E-state index < -0.39 is 23.4 Å². The summed E-state index contributed by atoms with van der Waals surface area (Å²) in [6.45, 7) is 3.58. The van der Waals surface area contributed by atoms with E-state index in [2.05, 4.69) is 9.97 Å². The van der Waals surface area contributed by atoms with Crippen LogP contribution in [0.4, 0.5) is 0 Å². The van der Waals surface area contributed by atoms with E-state index in [1.165, 1.54) is 7.11 Å². The number of carbonyl (C=O) groups is 1. The molecule has 1 fully saturated rings. The number of para-hydroxylation sites is 2. The van der Waals surface area contributed by atoms with Gasteiger partial charge >= 0.3 is 5.97 Å². The molecule has 3 aromatic heterocycles. The number of rotatable bonds is 2. The summed E-state index contributed by atoms with van der Waals surface area (Å²) in [4.78, 5) is 19.6. The van der Waals surface area contributed by atoms with Gasteiger partial charge in [0.15, 0.2) is 11.6 Å². The minimum atomic E-state index is -1.93. The van der Waals surface area contributed by atoms with Gasteiger partial charge in [0, 0.05) is 45.1 Å². The predicted octanol–water partition coefficient (Wildman–Crippen LogP) is 5.00. The fraction of sp³-hybridized carbons (Fsp3) is 0.250. The molecule has 6 aromatic rings. The number of hydrogen-bond acceptors (Lipinski definition) is 5. The molecule has 3 aromatic carbocycles. The van der Waals surface area contributed by atoms with Gasteiger partial charge in [0.2, 0.25) is 5.60 Å². The fourth-order valence-corrected chi connectivity index (χ4v) is 6.45. The Morgan fingerprint density at radius 2 is 1.81 bits per heavy atom. The number of aromatic hydroxyl groups is 1. The first kappa shape index (κ1) is 21.3. The second-order valence-electron chi connectivity index (χ2n) is 9.89. The van der Waals surface area contributed by atoms with Crippen LogP contribution in [0.3, 0.4) is 0 Å². The van der Waals surface area contributed by atoms with Crippen LogP contribution in [0.1, 0.15) is 20.3 Å². The van der Waals surface area contributed by atoms with Crippen LogP contribution < -0.4 is 0 Å². The highest BCUT2D eigenvalue weighted by Gasteiger charge is 2.63. The van der Waals surface area contributed by atoms with Crippen molar-refractivity contribution in [2.75, 3.05) is 7.11 Å². The Bertz CT molecular complexity index is 1880. The number of aliphatic hydroxyl groups is 1. The second-order valence-corrected chi connectivity index (χ2v) is 9.89. The number of fused-ring (bicyclic) bond motifs is 10. The van der Waals surface area contributed by atoms with Crippen LogP contribution >= 0.6 is 0 Å². The van der Waals surface area contributed by atoms with Gasteiger partial charge in [0.1, 0.15) is 0 Å². The van der Waals surface area contributed by atoms with E-state index >= 15 is 0 Å². The molecule has 0 saturated carbocycles. The normalized spacial score (nSPS) is 24.6. The van der Waals surface area contributed by atoms with Gasteiger partial charge in [-0.2, -0.15) is 0 Å². The van der Waals surface area contributed by atoms with Gasteiger partial charge in [-0.15, -0.1) is 0 Å². The number of ether oxygens (including phenoxy) is 2. The molecule has 36 heavy (non-hydrogen) atoms. The molecule has 4 N–H and O–H groups in total. The number of aromatic amines is 2. The number of methoxy groups -OCH3 is 1. The number of aromatic nitrogens is 3. The Balaban J connectivity index is 1.78. The van der Waals surface area contributed by atoms with E-state index in [4.69, 9.17) is 9.47 Å². The van der Waals surface area contributed by atoms with Gasteiger partial charge in [-0.05, 0) is 26.0 Å². The summed E-state index contributed by atoms with van der Waals surface area (Å²) in [5.74, 6) is -0.657. The predicted molar refractivity (Wildman–Crippen MR) is 138 cm³/mol. The van der Waals surface area contributed by atoms with Crippen LogP contribution in [0.15, 0.2) is 54.7 Å². The maximum atomic E-state index is 13.1. The summed E-state index contributed by atoms with van der Waals surface area (Å²) >= 11 is 0. The first-order valence-electron chi connectivity index (χ1n) is 11.9. The molecule has 1 aliphatic rings. The van der Waals surface area contributed by atoms with Crippen molar-refractivity contribution in [3.8, 4) is 5.88 Å². The number of benzene rings is 3. The maximum absolute atomic E-state index is 13.1. The van der Waals surface area contributed by atoms with Gasteiger partial charge < -0.3 is 34.2 Å². The summed E-state index contributed by atoms with van der Waals surface area (Å²) in [5, 5.41) is 28.0. The smallest absolute Gasteiger partial charge is 0.343 e. The van der Waals surface area contributed by atoms with E-state index in [1.54, 1.807) is 13.1 Å². The quantitative estimate of drug-likeness (QED) is 0.259. The van der Waals surface area contributed by atoms with Gasteiger partial charge in [-0.25, -0.2) is 4.79 Å². The average molecular weight is 484 g/mol. The molecular formula is C28H25N3O5. The topological polar surface area (TPSA) is 112 Å². The molecule has 0 bridgehead atoms. The molecule has 8 heteroatoms. The van der Waals surface area contributed by atoms with Crippen LogP contribution in [-0.4, -0.2) is 49.5 Å². The third-order valence-electron chi connectivity index (χ3n) is 7.93. The molecule has 3 atom stereocenters. The molecule has 7 rings (SSSR count). The lowest BCUT2D eigenvalue weighted by Crippen LogP contribution is -2.56. The molecule has 0 spiro atoms. The summed E-state index contributed by atoms with van der Waals surface area (Å²) in [5.41, 5.74) is -0.151. The van der Waals surface area contributed by atoms with Crippen molar-refractivity contribution in [1.82, 2.24) is 14.5 Å². The van der Waals surface area contributed by atoms with Crippen molar-refractivity contribution in [2.24, 2.45) is 0 Å². The first-order chi connectivity index (χ1) is 17.3. The van der Waals surface area contributed by atoms with E-state index in [-0.39, 0.29) is 12.3 Å². The van der Waals surface area contributed by atoms with Gasteiger partial charge in [0.25, 0.3) is 0 Å². The number of esters is 1. The van der Waals surface area contributed by atoms with Gasteiger partial charge in [-0.1, -0.05) is 36.4 Å². The molecule has 1 aliphatic heterocycles. The SMILES string of the molecule is COC(=O)C1(O)CC(C)OC1(C)n1c2ccccc2c2c3c[nH]c(O)c3c3c4ccccc4[nH]c3c21. The first-order valence-corrected chi connectivity index (χ1v) is 11.9. The Morgan fingerprint density at radius 1 is 1.08 bits per heavy atom. The molecule has 4 heterocycles. The average Bonchev–Trinajstić information content (AvgIpc) is 3.58. The largest absolute Gasteiger partial charge is 0.494 e. The highest BCUT2D eigenvalue weighted by Crippen LogP contribution is 2.52. The monoisotopic (exact) mass is 483 g/mol. The van der Waals surface area contributed by atoms with Crippen molar-refractivity contribution in [3.63, 3.8) is 0 Å². The van der Waals surface area contributed by atoms with Crippen molar-refractivity contribution < 1.29 is 24.5 Å². The number of hydrogen-bond donors (Lipinski definition) is 4. The molecular weight excluding hydrogens is 458 g/mol. The number of nitrogens with one attached hydrogen (secondary N) is 2. The van der Waals surface area contributed by atoms with E-state index in [0.29, 0.717) is 5.39 Å². The van der Waals surface area contributed by atoms with Crippen LogP contribution in [0.2, 0.25) is 0 Å². The molecule has 8 nitrogen and oxygen atoms in total. The zero-order valence-electron chi connectivity index (χ0n) is 20.0. The second kappa shape index (κ2) is 6.81. The zero-order valence-corrected chi connectivity index (χ0v) is 20.0. The summed E-state index contributed by atoms with van der Waals surface area (Å²) in [7, 11) is 1.28. The van der Waals surface area contributed by atoms with E-state index in [0.717, 1.165) is 49.0 Å². The molecule has 0 amide bonds. The third-order valence-corrected chi connectivity index (χ3v) is 7.93. The summed E-state index contributed by atoms with van der Waals surface area (Å²) in [6, 6.07) is 15.8. The third kappa shape index (κ3) is 2.33. The molecule has 182 valence electrons. The van der Waals surface area contributed by atoms with Gasteiger partial charge in [-0.3, -0.25) is 0 Å². The fourth-order valence-electron chi connectivity index (χ4n) is 6.45. The Morgan fingerprint density at radius 3 is 2.58 bits per heavy atom. The maximum Gasteiger partial charge on any atom is 0.343 e. The lowest BCUT2D eigenvalue weighted by atomic mass is 9.88. The number of carbonyl (C=O) groups excluding carboxylic acids is 1. The highest BCUT2D eigenvalue weighted by atomic mass is 16.6. The molecule has 1 saturated heterocycles. The molecule has 3 unspecified atom stereocenters. The summed E-state index contributed by atoms with van der Waals surface area (Å²) < 4.78 is 13.4. The highest BCUT2D eigenvalue weighted by molar-refractivity contribution is 6.36. The zero-order chi connectivity index (χ0) is 25.0. The van der Waals surface area contributed by atoms with Crippen molar-refractivity contribution in [2.45, 2.75) is 37.7 Å². The van der Waals surface area contributed by atoms with E-state index in [1.807, 2.05) is 60.0 Å². The Labute approximate surface area is 205 Å². The Kier molecular flexibility index (Phi) is 4.03. The Hall–Kier alpha value is -4.01. The van der Waals surface area contributed by atoms with Crippen molar-refractivity contribution in [3.05, 3.63) is 54.7 Å². The minimum Gasteiger partial charge on any atom is -0.494 e. The van der Waals surface area contributed by atoms with Gasteiger partial charge in [0.05, 0.1) is 35.2 Å². The van der Waals surface area contributed by atoms with Crippen LogP contribution in [0.25, 0.3) is 54.4 Å². The lowest BCUT2D eigenvalue weighted by molar-refractivity contribution is -0.199. The van der Waals surface area contributed by atoms with E-state index in [9.17, 15) is 15.0 Å². The number of nitrogens with zero attached hydrogens (tertiary/aromatic N) is 1. The van der Waals surface area contributed by atoms with Crippen LogP contribution in [0.5, 0.6) is 5.88 Å². The standard InChI is InChI=1S/C28H25N3O5/c1-14-12-28(34,26(33)35-3)27(2,36-14)31-19-11-7-5-9-16(19)20-17-13-29-25(32)22(17)21-15-8-4-6-10-18(15)30-23(21)24(20)31/h4-11,13-14,29-30,32,34H,12H2,1-3H3. The lowest BCUT2D eigenvalue weighted by Gasteiger charge is -2.38. The molecule has 0 radical (unpaired) electrons. The van der Waals surface area contributed by atoms with Crippen molar-refractivity contribution in [1.29, 1.82) is 0 Å². The number of H-pyrrole nitrogens is 2. The van der Waals surface area contributed by atoms with Crippen molar-refractivity contribution >= 4 is 60.4 Å².